The van der Waals surface area contributed by atoms with Crippen LogP contribution >= 0.6 is 0 Å². The molecule has 22 heavy (non-hydrogen) atoms. The van der Waals surface area contributed by atoms with Crippen LogP contribution in [-0.2, 0) is 20.9 Å². The quantitative estimate of drug-likeness (QED) is 0.685. The minimum atomic E-state index is -0.890. The molecule has 2 atom stereocenters. The fourth-order valence-electron chi connectivity index (χ4n) is 2.02. The van der Waals surface area contributed by atoms with E-state index < -0.39 is 17.9 Å². The molecular formula is C17H25NO4. The second kappa shape index (κ2) is 9.20. The standard InChI is InChI=1S/C17H25NO4/c1-12(2)9-15(16(19)20)18-10-13(3)17(21)22-11-14-7-5-4-6-8-14/h4-8,12-13,15,18H,9-11H2,1-3H3,(H,19,20)/t13?,15-/m0/s1. The van der Waals surface area contributed by atoms with Gasteiger partial charge in [-0.1, -0.05) is 51.1 Å². The minimum absolute atomic E-state index is 0.234. The summed E-state index contributed by atoms with van der Waals surface area (Å²) < 4.78 is 5.24. The first-order valence-corrected chi connectivity index (χ1v) is 7.57. The second-order valence-electron chi connectivity index (χ2n) is 5.92. The van der Waals surface area contributed by atoms with E-state index in [-0.39, 0.29) is 25.0 Å². The SMILES string of the molecule is CC(C)C[C@H](NCC(C)C(=O)OCc1ccccc1)C(=O)O. The van der Waals surface area contributed by atoms with Crippen molar-refractivity contribution in [1.29, 1.82) is 0 Å². The number of rotatable bonds is 9. The number of esters is 1. The van der Waals surface area contributed by atoms with Crippen LogP contribution in [0.2, 0.25) is 0 Å². The van der Waals surface area contributed by atoms with Gasteiger partial charge >= 0.3 is 11.9 Å². The van der Waals surface area contributed by atoms with Gasteiger partial charge in [-0.25, -0.2) is 0 Å². The Morgan fingerprint density at radius 3 is 2.36 bits per heavy atom. The average Bonchev–Trinajstić information content (AvgIpc) is 2.49. The Morgan fingerprint density at radius 1 is 1.18 bits per heavy atom. The van der Waals surface area contributed by atoms with E-state index in [0.717, 1.165) is 5.56 Å². The van der Waals surface area contributed by atoms with Crippen LogP contribution in [0.5, 0.6) is 0 Å². The van der Waals surface area contributed by atoms with Crippen molar-refractivity contribution in [3.8, 4) is 0 Å². The number of carbonyl (C=O) groups excluding carboxylic acids is 1. The van der Waals surface area contributed by atoms with Crippen LogP contribution in [0.1, 0.15) is 32.8 Å². The van der Waals surface area contributed by atoms with Crippen LogP contribution in [0.25, 0.3) is 0 Å². The monoisotopic (exact) mass is 307 g/mol. The number of carboxylic acid groups (broad SMARTS) is 1. The van der Waals surface area contributed by atoms with Crippen molar-refractivity contribution in [1.82, 2.24) is 5.32 Å². The van der Waals surface area contributed by atoms with Crippen molar-refractivity contribution >= 4 is 11.9 Å². The fraction of sp³-hybridized carbons (Fsp3) is 0.529. The maximum atomic E-state index is 11.9. The first-order valence-electron chi connectivity index (χ1n) is 7.57. The summed E-state index contributed by atoms with van der Waals surface area (Å²) in [6, 6.07) is 8.82. The molecule has 0 aromatic heterocycles. The van der Waals surface area contributed by atoms with Gasteiger partial charge in [-0.15, -0.1) is 0 Å². The normalized spacial score (nSPS) is 13.6. The number of carboxylic acids is 1. The predicted molar refractivity (Wildman–Crippen MR) is 84.3 cm³/mol. The molecule has 5 heteroatoms. The zero-order chi connectivity index (χ0) is 16.5. The highest BCUT2D eigenvalue weighted by Crippen LogP contribution is 2.07. The number of carbonyl (C=O) groups is 2. The van der Waals surface area contributed by atoms with Crippen molar-refractivity contribution < 1.29 is 19.4 Å². The van der Waals surface area contributed by atoms with Crippen molar-refractivity contribution in [3.05, 3.63) is 35.9 Å². The summed E-state index contributed by atoms with van der Waals surface area (Å²) in [4.78, 5) is 23.1. The van der Waals surface area contributed by atoms with E-state index in [1.807, 2.05) is 44.2 Å². The molecular weight excluding hydrogens is 282 g/mol. The van der Waals surface area contributed by atoms with Crippen LogP contribution < -0.4 is 5.32 Å². The summed E-state index contributed by atoms with van der Waals surface area (Å²) in [5, 5.41) is 12.1. The number of ether oxygens (including phenoxy) is 1. The first-order chi connectivity index (χ1) is 10.4. The molecule has 0 fully saturated rings. The van der Waals surface area contributed by atoms with Crippen LogP contribution in [0.3, 0.4) is 0 Å². The van der Waals surface area contributed by atoms with Gasteiger partial charge in [0, 0.05) is 6.54 Å². The molecule has 0 aliphatic carbocycles. The van der Waals surface area contributed by atoms with Crippen LogP contribution in [0.15, 0.2) is 30.3 Å². The van der Waals surface area contributed by atoms with E-state index in [0.29, 0.717) is 6.42 Å². The van der Waals surface area contributed by atoms with Crippen LogP contribution in [-0.4, -0.2) is 29.6 Å². The number of hydrogen-bond donors (Lipinski definition) is 2. The molecule has 1 unspecified atom stereocenters. The van der Waals surface area contributed by atoms with Crippen molar-refractivity contribution in [2.75, 3.05) is 6.54 Å². The second-order valence-corrected chi connectivity index (χ2v) is 5.92. The molecule has 0 radical (unpaired) electrons. The number of nitrogens with one attached hydrogen (secondary N) is 1. The maximum Gasteiger partial charge on any atom is 0.320 e. The molecule has 1 rings (SSSR count). The number of hydrogen-bond acceptors (Lipinski definition) is 4. The third-order valence-corrected chi connectivity index (χ3v) is 3.30. The summed E-state index contributed by atoms with van der Waals surface area (Å²) in [6.07, 6.45) is 0.529. The molecule has 2 N–H and O–H groups in total. The highest BCUT2D eigenvalue weighted by Gasteiger charge is 2.21. The van der Waals surface area contributed by atoms with Gasteiger partial charge in [-0.3, -0.25) is 9.59 Å². The van der Waals surface area contributed by atoms with E-state index in [4.69, 9.17) is 9.84 Å². The summed E-state index contributed by atoms with van der Waals surface area (Å²) in [5.74, 6) is -1.34. The van der Waals surface area contributed by atoms with Crippen LogP contribution in [0.4, 0.5) is 0 Å². The van der Waals surface area contributed by atoms with Gasteiger partial charge in [0.05, 0.1) is 5.92 Å². The zero-order valence-electron chi connectivity index (χ0n) is 13.4. The Bertz CT molecular complexity index is 473. The number of aliphatic carboxylic acids is 1. The fourth-order valence-corrected chi connectivity index (χ4v) is 2.02. The Hall–Kier alpha value is -1.88. The van der Waals surface area contributed by atoms with Gasteiger partial charge < -0.3 is 15.2 Å². The Balaban J connectivity index is 2.38. The third-order valence-electron chi connectivity index (χ3n) is 3.30. The Morgan fingerprint density at radius 2 is 1.82 bits per heavy atom. The van der Waals surface area contributed by atoms with Crippen LogP contribution in [0, 0.1) is 11.8 Å². The molecule has 0 spiro atoms. The Kier molecular flexibility index (Phi) is 7.60. The lowest BCUT2D eigenvalue weighted by molar-refractivity contribution is -0.149. The largest absolute Gasteiger partial charge is 0.480 e. The molecule has 1 aromatic carbocycles. The van der Waals surface area contributed by atoms with E-state index in [1.165, 1.54) is 0 Å². The molecule has 0 aliphatic heterocycles. The highest BCUT2D eigenvalue weighted by molar-refractivity contribution is 5.74. The first kappa shape index (κ1) is 18.2. The molecule has 0 saturated carbocycles. The van der Waals surface area contributed by atoms with E-state index >= 15 is 0 Å². The smallest absolute Gasteiger partial charge is 0.320 e. The average molecular weight is 307 g/mol. The Labute approximate surface area is 131 Å². The highest BCUT2D eigenvalue weighted by atomic mass is 16.5. The van der Waals surface area contributed by atoms with Gasteiger partial charge in [0.1, 0.15) is 12.6 Å². The predicted octanol–water partition coefficient (Wildman–Crippen LogP) is 2.45. The molecule has 5 nitrogen and oxygen atoms in total. The number of benzene rings is 1. The molecule has 0 amide bonds. The van der Waals surface area contributed by atoms with Gasteiger partial charge in [0.15, 0.2) is 0 Å². The van der Waals surface area contributed by atoms with Crippen molar-refractivity contribution in [3.63, 3.8) is 0 Å². The maximum absolute atomic E-state index is 11.9. The van der Waals surface area contributed by atoms with Gasteiger partial charge in [-0.05, 0) is 17.9 Å². The summed E-state index contributed by atoms with van der Waals surface area (Å²) in [5.41, 5.74) is 0.930. The van der Waals surface area contributed by atoms with Gasteiger partial charge in [0.2, 0.25) is 0 Å². The van der Waals surface area contributed by atoms with Crippen molar-refractivity contribution in [2.45, 2.75) is 39.8 Å². The third kappa shape index (κ3) is 6.72. The topological polar surface area (TPSA) is 75.6 Å². The molecule has 122 valence electrons. The van der Waals surface area contributed by atoms with E-state index in [2.05, 4.69) is 5.32 Å². The molecule has 1 aromatic rings. The van der Waals surface area contributed by atoms with Gasteiger partial charge in [0.25, 0.3) is 0 Å². The lowest BCUT2D eigenvalue weighted by Gasteiger charge is -2.19. The molecule has 0 bridgehead atoms. The van der Waals surface area contributed by atoms with E-state index in [9.17, 15) is 9.59 Å². The summed E-state index contributed by atoms with van der Waals surface area (Å²) >= 11 is 0. The summed E-state index contributed by atoms with van der Waals surface area (Å²) in [6.45, 7) is 6.19. The van der Waals surface area contributed by atoms with Gasteiger partial charge in [-0.2, -0.15) is 0 Å². The van der Waals surface area contributed by atoms with Crippen molar-refractivity contribution in [2.24, 2.45) is 11.8 Å². The lowest BCUT2D eigenvalue weighted by atomic mass is 10.0. The van der Waals surface area contributed by atoms with E-state index in [1.54, 1.807) is 6.92 Å². The zero-order valence-corrected chi connectivity index (χ0v) is 13.4. The molecule has 0 saturated heterocycles. The lowest BCUT2D eigenvalue weighted by Crippen LogP contribution is -2.41. The molecule has 0 aliphatic rings. The minimum Gasteiger partial charge on any atom is -0.480 e. The molecule has 0 heterocycles. The summed E-state index contributed by atoms with van der Waals surface area (Å²) in [7, 11) is 0.